The van der Waals surface area contributed by atoms with Crippen LogP contribution in [0.15, 0.2) is 18.3 Å². The molecule has 3 nitrogen and oxygen atoms in total. The lowest BCUT2D eigenvalue weighted by atomic mass is 9.90. The topological polar surface area (TPSA) is 34.1 Å². The van der Waals surface area contributed by atoms with Gasteiger partial charge in [-0.3, -0.25) is 4.98 Å². The van der Waals surface area contributed by atoms with Crippen LogP contribution in [0.25, 0.3) is 0 Å². The maximum atomic E-state index is 5.90. The van der Waals surface area contributed by atoms with E-state index in [1.54, 1.807) is 0 Å². The van der Waals surface area contributed by atoms with Crippen molar-refractivity contribution in [1.82, 2.24) is 10.3 Å². The molecule has 0 unspecified atom stereocenters. The van der Waals surface area contributed by atoms with Crippen LogP contribution in [-0.2, 0) is 6.54 Å². The van der Waals surface area contributed by atoms with Gasteiger partial charge in [-0.15, -0.1) is 0 Å². The molecule has 2 rings (SSSR count). The largest absolute Gasteiger partial charge is 0.493 e. The Morgan fingerprint density at radius 1 is 1.33 bits per heavy atom. The highest BCUT2D eigenvalue weighted by molar-refractivity contribution is 5.22. The molecule has 0 radical (unpaired) electrons. The summed E-state index contributed by atoms with van der Waals surface area (Å²) in [6.45, 7) is 4.75. The molecular weight excluding hydrogens is 224 g/mol. The van der Waals surface area contributed by atoms with E-state index in [9.17, 15) is 0 Å². The molecule has 0 bridgehead atoms. The predicted octanol–water partition coefficient (Wildman–Crippen LogP) is 3.15. The second-order valence-electron chi connectivity index (χ2n) is 5.08. The molecule has 1 aromatic rings. The summed E-state index contributed by atoms with van der Waals surface area (Å²) >= 11 is 0. The van der Waals surface area contributed by atoms with Crippen molar-refractivity contribution >= 4 is 0 Å². The maximum absolute atomic E-state index is 5.90. The molecule has 1 aromatic heterocycles. The maximum Gasteiger partial charge on any atom is 0.122 e. The van der Waals surface area contributed by atoms with E-state index >= 15 is 0 Å². The number of hydrogen-bond donors (Lipinski definition) is 1. The van der Waals surface area contributed by atoms with Crippen LogP contribution in [-0.4, -0.2) is 18.1 Å². The number of nitrogens with zero attached hydrogens (tertiary/aromatic N) is 1. The Labute approximate surface area is 110 Å². The van der Waals surface area contributed by atoms with Crippen LogP contribution >= 0.6 is 0 Å². The standard InChI is InChI=1S/C15H24N2O/c1-2-16-11-14-10-15(8-9-17-14)18-12-13-6-4-3-5-7-13/h8-10,13,16H,2-7,11-12H2,1H3. The lowest BCUT2D eigenvalue weighted by Gasteiger charge is -2.21. The van der Waals surface area contributed by atoms with E-state index in [-0.39, 0.29) is 0 Å². The van der Waals surface area contributed by atoms with Crippen molar-refractivity contribution in [3.8, 4) is 5.75 Å². The third kappa shape index (κ3) is 4.30. The van der Waals surface area contributed by atoms with Gasteiger partial charge in [0.15, 0.2) is 0 Å². The number of rotatable bonds is 6. The number of hydrogen-bond acceptors (Lipinski definition) is 3. The molecule has 0 saturated heterocycles. The summed E-state index contributed by atoms with van der Waals surface area (Å²) in [6, 6.07) is 4.00. The molecule has 1 N–H and O–H groups in total. The Hall–Kier alpha value is -1.09. The van der Waals surface area contributed by atoms with E-state index in [0.29, 0.717) is 0 Å². The lowest BCUT2D eigenvalue weighted by molar-refractivity contribution is 0.208. The van der Waals surface area contributed by atoms with Crippen LogP contribution < -0.4 is 10.1 Å². The van der Waals surface area contributed by atoms with Gasteiger partial charge in [0.05, 0.1) is 12.3 Å². The van der Waals surface area contributed by atoms with E-state index in [0.717, 1.165) is 37.1 Å². The van der Waals surface area contributed by atoms with E-state index in [4.69, 9.17) is 4.74 Å². The summed E-state index contributed by atoms with van der Waals surface area (Å²) in [5, 5.41) is 3.28. The second kappa shape index (κ2) is 7.37. The van der Waals surface area contributed by atoms with Crippen molar-refractivity contribution in [1.29, 1.82) is 0 Å². The van der Waals surface area contributed by atoms with Gasteiger partial charge in [-0.2, -0.15) is 0 Å². The van der Waals surface area contributed by atoms with E-state index in [2.05, 4.69) is 17.2 Å². The minimum absolute atomic E-state index is 0.754. The van der Waals surface area contributed by atoms with E-state index < -0.39 is 0 Å². The summed E-state index contributed by atoms with van der Waals surface area (Å²) in [5.74, 6) is 1.72. The van der Waals surface area contributed by atoms with Crippen LogP contribution in [0.3, 0.4) is 0 Å². The lowest BCUT2D eigenvalue weighted by Crippen LogP contribution is -2.16. The van der Waals surface area contributed by atoms with Gasteiger partial charge in [0.2, 0.25) is 0 Å². The highest BCUT2D eigenvalue weighted by Crippen LogP contribution is 2.24. The minimum atomic E-state index is 0.754. The van der Waals surface area contributed by atoms with Gasteiger partial charge < -0.3 is 10.1 Å². The molecular formula is C15H24N2O. The zero-order chi connectivity index (χ0) is 12.6. The number of pyridine rings is 1. The number of aromatic nitrogens is 1. The van der Waals surface area contributed by atoms with Crippen molar-refractivity contribution < 1.29 is 4.74 Å². The summed E-state index contributed by atoms with van der Waals surface area (Å²) in [4.78, 5) is 4.33. The SMILES string of the molecule is CCNCc1cc(OCC2CCCCC2)ccn1. The van der Waals surface area contributed by atoms with Gasteiger partial charge in [-0.05, 0) is 31.4 Å². The van der Waals surface area contributed by atoms with Crippen molar-refractivity contribution in [3.63, 3.8) is 0 Å². The highest BCUT2D eigenvalue weighted by Gasteiger charge is 2.13. The monoisotopic (exact) mass is 248 g/mol. The molecule has 0 aromatic carbocycles. The highest BCUT2D eigenvalue weighted by atomic mass is 16.5. The van der Waals surface area contributed by atoms with Crippen LogP contribution in [0.2, 0.25) is 0 Å². The first-order chi connectivity index (χ1) is 8.88. The fraction of sp³-hybridized carbons (Fsp3) is 0.667. The molecule has 1 saturated carbocycles. The summed E-state index contributed by atoms with van der Waals surface area (Å²) in [6.07, 6.45) is 8.64. The average molecular weight is 248 g/mol. The van der Waals surface area contributed by atoms with E-state index in [1.165, 1.54) is 32.1 Å². The van der Waals surface area contributed by atoms with Gasteiger partial charge in [0, 0.05) is 18.8 Å². The Morgan fingerprint density at radius 2 is 2.17 bits per heavy atom. The van der Waals surface area contributed by atoms with Crippen molar-refractivity contribution in [2.24, 2.45) is 5.92 Å². The molecule has 0 spiro atoms. The zero-order valence-electron chi connectivity index (χ0n) is 11.3. The molecule has 1 fully saturated rings. The Balaban J connectivity index is 1.80. The molecule has 18 heavy (non-hydrogen) atoms. The quantitative estimate of drug-likeness (QED) is 0.839. The molecule has 0 aliphatic heterocycles. The molecule has 0 amide bonds. The normalized spacial score (nSPS) is 16.7. The van der Waals surface area contributed by atoms with E-state index in [1.807, 2.05) is 18.3 Å². The van der Waals surface area contributed by atoms with Gasteiger partial charge in [0.1, 0.15) is 5.75 Å². The van der Waals surface area contributed by atoms with Crippen molar-refractivity contribution in [2.75, 3.05) is 13.2 Å². The van der Waals surface area contributed by atoms with Crippen LogP contribution in [0, 0.1) is 5.92 Å². The minimum Gasteiger partial charge on any atom is -0.493 e. The fourth-order valence-corrected chi connectivity index (χ4v) is 2.46. The fourth-order valence-electron chi connectivity index (χ4n) is 2.46. The van der Waals surface area contributed by atoms with Gasteiger partial charge in [-0.25, -0.2) is 0 Å². The Kier molecular flexibility index (Phi) is 5.46. The first kappa shape index (κ1) is 13.3. The van der Waals surface area contributed by atoms with Crippen molar-refractivity contribution in [3.05, 3.63) is 24.0 Å². The van der Waals surface area contributed by atoms with Gasteiger partial charge in [-0.1, -0.05) is 26.2 Å². The molecule has 0 atom stereocenters. The van der Waals surface area contributed by atoms with Gasteiger partial charge >= 0.3 is 0 Å². The summed E-state index contributed by atoms with van der Waals surface area (Å²) in [7, 11) is 0. The molecule has 1 aliphatic carbocycles. The van der Waals surface area contributed by atoms with Crippen molar-refractivity contribution in [2.45, 2.75) is 45.6 Å². The first-order valence-electron chi connectivity index (χ1n) is 7.17. The third-order valence-electron chi connectivity index (χ3n) is 3.55. The van der Waals surface area contributed by atoms with Crippen LogP contribution in [0.1, 0.15) is 44.7 Å². The Morgan fingerprint density at radius 3 is 2.94 bits per heavy atom. The summed E-state index contributed by atoms with van der Waals surface area (Å²) < 4.78 is 5.90. The summed E-state index contributed by atoms with van der Waals surface area (Å²) in [5.41, 5.74) is 1.05. The number of nitrogens with one attached hydrogen (secondary N) is 1. The average Bonchev–Trinajstić information content (AvgIpc) is 2.44. The smallest absolute Gasteiger partial charge is 0.122 e. The number of ether oxygens (including phenoxy) is 1. The second-order valence-corrected chi connectivity index (χ2v) is 5.08. The molecule has 1 aliphatic rings. The molecule has 3 heteroatoms. The van der Waals surface area contributed by atoms with Crippen LogP contribution in [0.5, 0.6) is 5.75 Å². The molecule has 1 heterocycles. The first-order valence-corrected chi connectivity index (χ1v) is 7.17. The van der Waals surface area contributed by atoms with Gasteiger partial charge in [0.25, 0.3) is 0 Å². The Bertz CT molecular complexity index is 348. The zero-order valence-corrected chi connectivity index (χ0v) is 11.3. The predicted molar refractivity (Wildman–Crippen MR) is 73.7 cm³/mol. The van der Waals surface area contributed by atoms with Crippen LogP contribution in [0.4, 0.5) is 0 Å². The molecule has 100 valence electrons. The third-order valence-corrected chi connectivity index (χ3v) is 3.55.